The van der Waals surface area contributed by atoms with Crippen molar-refractivity contribution in [2.24, 2.45) is 5.10 Å². The minimum Gasteiger partial charge on any atom is -0.369 e. The lowest BCUT2D eigenvalue weighted by atomic mass is 9.89. The summed E-state index contributed by atoms with van der Waals surface area (Å²) >= 11 is 6.22. The van der Waals surface area contributed by atoms with E-state index in [1.54, 1.807) is 30.3 Å². The molecule has 196 valence electrons. The summed E-state index contributed by atoms with van der Waals surface area (Å²) in [7, 11) is 0. The number of anilines is 1. The first-order valence-corrected chi connectivity index (χ1v) is 11.8. The van der Waals surface area contributed by atoms with Gasteiger partial charge < -0.3 is 5.11 Å². The van der Waals surface area contributed by atoms with Gasteiger partial charge >= 0.3 is 12.4 Å². The zero-order valence-corrected chi connectivity index (χ0v) is 20.5. The molecular weight excluding hydrogens is 518 g/mol. The number of nitrogens with zero attached hydrogens (tertiary/aromatic N) is 2. The summed E-state index contributed by atoms with van der Waals surface area (Å²) in [6, 6.07) is 19.5. The number of hydrogen-bond donors (Lipinski definition) is 1. The van der Waals surface area contributed by atoms with Crippen molar-refractivity contribution in [3.8, 4) is 11.1 Å². The molecule has 1 aliphatic rings. The van der Waals surface area contributed by atoms with Crippen LogP contribution in [0.4, 0.5) is 32.0 Å². The molecule has 37 heavy (non-hydrogen) atoms. The Morgan fingerprint density at radius 3 is 1.84 bits per heavy atom. The van der Waals surface area contributed by atoms with Crippen LogP contribution < -0.4 is 5.01 Å². The van der Waals surface area contributed by atoms with E-state index in [1.807, 2.05) is 24.3 Å². The maximum atomic E-state index is 13.6. The molecule has 0 spiro atoms. The highest BCUT2D eigenvalue weighted by atomic mass is 35.5. The van der Waals surface area contributed by atoms with Gasteiger partial charge in [0.1, 0.15) is 0 Å². The van der Waals surface area contributed by atoms with Crippen molar-refractivity contribution in [3.05, 3.63) is 88.9 Å². The first-order chi connectivity index (χ1) is 17.2. The number of rotatable bonds is 5. The number of halogens is 7. The predicted octanol–water partition coefficient (Wildman–Crippen LogP) is 8.29. The van der Waals surface area contributed by atoms with Crippen LogP contribution in [0.1, 0.15) is 43.4 Å². The lowest BCUT2D eigenvalue weighted by molar-refractivity contribution is -0.338. The lowest BCUT2D eigenvalue weighted by Crippen LogP contribution is -2.62. The first kappa shape index (κ1) is 27.0. The van der Waals surface area contributed by atoms with E-state index >= 15 is 0 Å². The minimum atomic E-state index is -6.03. The van der Waals surface area contributed by atoms with Gasteiger partial charge in [0.25, 0.3) is 5.60 Å². The lowest BCUT2D eigenvalue weighted by Gasteiger charge is -2.32. The smallest absolute Gasteiger partial charge is 0.369 e. The van der Waals surface area contributed by atoms with Crippen LogP contribution in [0, 0.1) is 0 Å². The van der Waals surface area contributed by atoms with Crippen molar-refractivity contribution in [2.45, 2.75) is 50.2 Å². The third kappa shape index (κ3) is 4.94. The van der Waals surface area contributed by atoms with E-state index in [1.165, 1.54) is 18.2 Å². The highest BCUT2D eigenvalue weighted by Gasteiger charge is 2.74. The van der Waals surface area contributed by atoms with Crippen molar-refractivity contribution in [1.29, 1.82) is 0 Å². The molecule has 0 saturated heterocycles. The van der Waals surface area contributed by atoms with Gasteiger partial charge in [0, 0.05) is 6.42 Å². The summed E-state index contributed by atoms with van der Waals surface area (Å²) < 4.78 is 81.7. The van der Waals surface area contributed by atoms with Crippen molar-refractivity contribution in [2.75, 3.05) is 5.01 Å². The molecule has 1 N–H and O–H groups in total. The van der Waals surface area contributed by atoms with Crippen LogP contribution >= 0.6 is 11.6 Å². The third-order valence-corrected chi connectivity index (χ3v) is 6.77. The molecule has 0 radical (unpaired) electrons. The maximum Gasteiger partial charge on any atom is 0.431 e. The second-order valence-electron chi connectivity index (χ2n) is 9.17. The summed E-state index contributed by atoms with van der Waals surface area (Å²) in [5.41, 5.74) is -3.14. The standard InChI is InChI=1S/C27H23ClF6N2O/c1-16(2)17-7-9-18(10-8-17)19-11-13-20(14-12-19)23-15-24(25(37,26(29,30)31)27(32,33)34)35-36(23)22-6-4-3-5-21(22)28/h3-14,16,23,37H,15H2,1-2H3. The Morgan fingerprint density at radius 2 is 1.35 bits per heavy atom. The Morgan fingerprint density at radius 1 is 0.838 bits per heavy atom. The summed E-state index contributed by atoms with van der Waals surface area (Å²) in [6.07, 6.45) is -12.9. The highest BCUT2D eigenvalue weighted by Crippen LogP contribution is 2.49. The van der Waals surface area contributed by atoms with Crippen LogP contribution in [0.5, 0.6) is 0 Å². The molecule has 0 aromatic heterocycles. The van der Waals surface area contributed by atoms with Gasteiger partial charge in [0.05, 0.1) is 22.5 Å². The predicted molar refractivity (Wildman–Crippen MR) is 132 cm³/mol. The average Bonchev–Trinajstić information content (AvgIpc) is 3.28. The van der Waals surface area contributed by atoms with Gasteiger partial charge in [-0.15, -0.1) is 0 Å². The number of para-hydroxylation sites is 1. The van der Waals surface area contributed by atoms with Gasteiger partial charge in [-0.3, -0.25) is 5.01 Å². The molecule has 10 heteroatoms. The quantitative estimate of drug-likeness (QED) is 0.330. The molecule has 3 aromatic carbocycles. The fourth-order valence-electron chi connectivity index (χ4n) is 4.29. The molecule has 0 saturated carbocycles. The van der Waals surface area contributed by atoms with E-state index in [4.69, 9.17) is 11.6 Å². The van der Waals surface area contributed by atoms with Gasteiger partial charge in [-0.1, -0.05) is 86.1 Å². The molecule has 4 rings (SSSR count). The van der Waals surface area contributed by atoms with Gasteiger partial charge in [-0.2, -0.15) is 31.4 Å². The first-order valence-electron chi connectivity index (χ1n) is 11.4. The molecule has 1 heterocycles. The van der Waals surface area contributed by atoms with E-state index in [0.717, 1.165) is 21.7 Å². The number of hydrogen-bond acceptors (Lipinski definition) is 3. The van der Waals surface area contributed by atoms with Crippen molar-refractivity contribution in [3.63, 3.8) is 0 Å². The summed E-state index contributed by atoms with van der Waals surface area (Å²) in [5.74, 6) is 0.357. The monoisotopic (exact) mass is 540 g/mol. The van der Waals surface area contributed by atoms with Gasteiger partial charge in [-0.25, -0.2) is 0 Å². The minimum absolute atomic E-state index is 0.0851. The van der Waals surface area contributed by atoms with Gasteiger partial charge in [0.2, 0.25) is 0 Å². The number of hydrazone groups is 1. The topological polar surface area (TPSA) is 35.8 Å². The van der Waals surface area contributed by atoms with E-state index in [9.17, 15) is 31.4 Å². The van der Waals surface area contributed by atoms with E-state index in [2.05, 4.69) is 18.9 Å². The van der Waals surface area contributed by atoms with Crippen LogP contribution in [-0.2, 0) is 0 Å². The summed E-state index contributed by atoms with van der Waals surface area (Å²) in [6.45, 7) is 4.15. The van der Waals surface area contributed by atoms with Crippen LogP contribution in [0.15, 0.2) is 77.9 Å². The van der Waals surface area contributed by atoms with Crippen molar-refractivity contribution >= 4 is 23.0 Å². The molecule has 3 aromatic rings. The van der Waals surface area contributed by atoms with E-state index in [0.29, 0.717) is 11.5 Å². The Balaban J connectivity index is 1.74. The Kier molecular flexibility index (Phi) is 7.07. The van der Waals surface area contributed by atoms with Crippen LogP contribution in [0.25, 0.3) is 11.1 Å². The number of benzene rings is 3. The highest BCUT2D eigenvalue weighted by molar-refractivity contribution is 6.33. The fraction of sp³-hybridized carbons (Fsp3) is 0.296. The number of aliphatic hydroxyl groups is 1. The van der Waals surface area contributed by atoms with Gasteiger partial charge in [-0.05, 0) is 40.3 Å². The zero-order chi connectivity index (χ0) is 27.2. The molecule has 1 unspecified atom stereocenters. The molecule has 0 fully saturated rings. The Labute approximate surface area is 215 Å². The SMILES string of the molecule is CC(C)c1ccc(-c2ccc(C3CC(C(O)(C(F)(F)F)C(F)(F)F)=NN3c3ccccc3Cl)cc2)cc1. The Bertz CT molecular complexity index is 1270. The molecule has 1 atom stereocenters. The van der Waals surface area contributed by atoms with Crippen LogP contribution in [0.2, 0.25) is 5.02 Å². The molecular formula is C27H23ClF6N2O. The average molecular weight is 541 g/mol. The second kappa shape index (κ2) is 9.68. The van der Waals surface area contributed by atoms with Crippen molar-refractivity contribution in [1.82, 2.24) is 0 Å². The largest absolute Gasteiger partial charge is 0.431 e. The third-order valence-electron chi connectivity index (χ3n) is 6.45. The molecule has 0 bridgehead atoms. The van der Waals surface area contributed by atoms with E-state index in [-0.39, 0.29) is 10.7 Å². The fourth-order valence-corrected chi connectivity index (χ4v) is 4.52. The summed E-state index contributed by atoms with van der Waals surface area (Å²) in [4.78, 5) is 0. The molecule has 3 nitrogen and oxygen atoms in total. The summed E-state index contributed by atoms with van der Waals surface area (Å²) in [5, 5.41) is 14.8. The maximum absolute atomic E-state index is 13.6. The van der Waals surface area contributed by atoms with Crippen molar-refractivity contribution < 1.29 is 31.4 Å². The van der Waals surface area contributed by atoms with Crippen LogP contribution in [-0.4, -0.2) is 28.8 Å². The molecule has 0 amide bonds. The van der Waals surface area contributed by atoms with E-state index < -0.39 is 36.1 Å². The number of alkyl halides is 6. The second-order valence-corrected chi connectivity index (χ2v) is 9.57. The van der Waals surface area contributed by atoms with Gasteiger partial charge in [0.15, 0.2) is 0 Å². The van der Waals surface area contributed by atoms with Crippen LogP contribution in [0.3, 0.4) is 0 Å². The zero-order valence-electron chi connectivity index (χ0n) is 19.8. The molecule has 0 aliphatic carbocycles. The normalized spacial score (nSPS) is 16.9. The Hall–Kier alpha value is -3.04. The molecule has 1 aliphatic heterocycles.